The van der Waals surface area contributed by atoms with Gasteiger partial charge in [-0.25, -0.2) is 0 Å². The maximum Gasteiger partial charge on any atom is 0.224 e. The maximum absolute atomic E-state index is 12.8. The van der Waals surface area contributed by atoms with E-state index in [0.29, 0.717) is 35.3 Å². The van der Waals surface area contributed by atoms with E-state index >= 15 is 0 Å². The molecule has 2 aliphatic rings. The molecule has 0 spiro atoms. The first-order valence-corrected chi connectivity index (χ1v) is 9.95. The van der Waals surface area contributed by atoms with Crippen molar-refractivity contribution in [2.24, 2.45) is 28.6 Å². The molecular formula is C22H33NO3. The average Bonchev–Trinajstić information content (AvgIpc) is 2.49. The van der Waals surface area contributed by atoms with E-state index in [2.05, 4.69) is 33.0 Å². The van der Waals surface area contributed by atoms with Gasteiger partial charge in [-0.2, -0.15) is 0 Å². The zero-order chi connectivity index (χ0) is 19.1. The molecule has 4 nitrogen and oxygen atoms in total. The molecule has 0 bridgehead atoms. The number of benzene rings is 1. The zero-order valence-electron chi connectivity index (χ0n) is 16.5. The number of hydrogen-bond acceptors (Lipinski definition) is 3. The first-order chi connectivity index (χ1) is 12.1. The lowest BCUT2D eigenvalue weighted by Crippen LogP contribution is -2.51. The van der Waals surface area contributed by atoms with Crippen molar-refractivity contribution >= 4 is 11.6 Å². The van der Waals surface area contributed by atoms with Gasteiger partial charge in [0.15, 0.2) is 0 Å². The highest BCUT2D eigenvalue weighted by Crippen LogP contribution is 2.61. The molecule has 1 aromatic carbocycles. The number of carbonyl (C=O) groups excluding carboxylic acids is 1. The van der Waals surface area contributed by atoms with Crippen molar-refractivity contribution in [3.63, 3.8) is 0 Å². The van der Waals surface area contributed by atoms with E-state index in [4.69, 9.17) is 0 Å². The van der Waals surface area contributed by atoms with Crippen LogP contribution in [0.15, 0.2) is 18.2 Å². The van der Waals surface area contributed by atoms with Crippen molar-refractivity contribution in [3.05, 3.63) is 18.2 Å². The molecule has 2 aliphatic carbocycles. The van der Waals surface area contributed by atoms with Crippen LogP contribution in [0.3, 0.4) is 0 Å². The summed E-state index contributed by atoms with van der Waals surface area (Å²) in [5.74, 6) is 1.44. The third-order valence-electron chi connectivity index (χ3n) is 7.31. The fourth-order valence-corrected chi connectivity index (χ4v) is 6.12. The minimum atomic E-state index is -0.0487. The van der Waals surface area contributed by atoms with Crippen molar-refractivity contribution in [2.75, 3.05) is 5.32 Å². The van der Waals surface area contributed by atoms with Crippen molar-refractivity contribution in [3.8, 4) is 11.5 Å². The Balaban J connectivity index is 1.77. The summed E-state index contributed by atoms with van der Waals surface area (Å²) in [6, 6.07) is 4.20. The van der Waals surface area contributed by atoms with E-state index in [9.17, 15) is 15.0 Å². The van der Waals surface area contributed by atoms with Gasteiger partial charge in [-0.3, -0.25) is 4.79 Å². The van der Waals surface area contributed by atoms with Crippen LogP contribution in [0.2, 0.25) is 0 Å². The minimum Gasteiger partial charge on any atom is -0.508 e. The van der Waals surface area contributed by atoms with Crippen LogP contribution in [0, 0.1) is 28.6 Å². The molecule has 2 saturated carbocycles. The summed E-state index contributed by atoms with van der Waals surface area (Å²) < 4.78 is 0. The Morgan fingerprint density at radius 1 is 1.12 bits per heavy atom. The van der Waals surface area contributed by atoms with Gasteiger partial charge in [-0.1, -0.05) is 40.5 Å². The second-order valence-electron chi connectivity index (χ2n) is 9.55. The number of rotatable bonds is 3. The highest BCUT2D eigenvalue weighted by molar-refractivity contribution is 5.91. The van der Waals surface area contributed by atoms with E-state index in [-0.39, 0.29) is 22.8 Å². The summed E-state index contributed by atoms with van der Waals surface area (Å²) >= 11 is 0. The number of aromatic hydroxyl groups is 2. The molecule has 4 heteroatoms. The van der Waals surface area contributed by atoms with E-state index in [0.717, 1.165) is 0 Å². The number of carbonyl (C=O) groups is 1. The zero-order valence-corrected chi connectivity index (χ0v) is 16.5. The van der Waals surface area contributed by atoms with Gasteiger partial charge in [0, 0.05) is 30.3 Å². The molecule has 2 fully saturated rings. The Hall–Kier alpha value is -1.71. The predicted molar refractivity (Wildman–Crippen MR) is 104 cm³/mol. The van der Waals surface area contributed by atoms with E-state index < -0.39 is 0 Å². The molecule has 0 aromatic heterocycles. The molecule has 0 aliphatic heterocycles. The Morgan fingerprint density at radius 2 is 1.77 bits per heavy atom. The Labute approximate surface area is 157 Å². The number of phenolic OH excluding ortho intramolecular Hbond substituents is 2. The highest BCUT2D eigenvalue weighted by atomic mass is 16.3. The molecule has 3 N–H and O–H groups in total. The molecule has 0 radical (unpaired) electrons. The molecule has 3 rings (SSSR count). The van der Waals surface area contributed by atoms with Crippen molar-refractivity contribution in [2.45, 2.75) is 66.2 Å². The summed E-state index contributed by atoms with van der Waals surface area (Å²) in [6.45, 7) is 9.50. The van der Waals surface area contributed by atoms with E-state index in [1.54, 1.807) is 0 Å². The largest absolute Gasteiger partial charge is 0.508 e. The molecule has 26 heavy (non-hydrogen) atoms. The number of nitrogens with one attached hydrogen (secondary N) is 1. The second kappa shape index (κ2) is 6.79. The normalized spacial score (nSPS) is 33.3. The first kappa shape index (κ1) is 19.1. The van der Waals surface area contributed by atoms with Crippen LogP contribution < -0.4 is 5.32 Å². The molecule has 0 unspecified atom stereocenters. The van der Waals surface area contributed by atoms with Gasteiger partial charge in [0.2, 0.25) is 5.91 Å². The molecule has 1 aromatic rings. The third-order valence-corrected chi connectivity index (χ3v) is 7.31. The third kappa shape index (κ3) is 3.56. The van der Waals surface area contributed by atoms with Gasteiger partial charge in [-0.15, -0.1) is 0 Å². The molecule has 1 amide bonds. The smallest absolute Gasteiger partial charge is 0.224 e. The molecule has 144 valence electrons. The second-order valence-corrected chi connectivity index (χ2v) is 9.55. The van der Waals surface area contributed by atoms with Crippen LogP contribution in [-0.2, 0) is 4.79 Å². The fourth-order valence-electron chi connectivity index (χ4n) is 6.12. The van der Waals surface area contributed by atoms with Crippen LogP contribution in [-0.4, -0.2) is 16.1 Å². The molecule has 4 atom stereocenters. The van der Waals surface area contributed by atoms with E-state index in [1.165, 1.54) is 50.3 Å². The topological polar surface area (TPSA) is 69.6 Å². The molecular weight excluding hydrogens is 326 g/mol. The monoisotopic (exact) mass is 359 g/mol. The summed E-state index contributed by atoms with van der Waals surface area (Å²) in [4.78, 5) is 12.8. The van der Waals surface area contributed by atoms with Gasteiger partial charge < -0.3 is 15.5 Å². The van der Waals surface area contributed by atoms with Crippen molar-refractivity contribution < 1.29 is 15.0 Å². The Kier molecular flexibility index (Phi) is 4.98. The number of fused-ring (bicyclic) bond motifs is 1. The quantitative estimate of drug-likeness (QED) is 0.685. The van der Waals surface area contributed by atoms with Gasteiger partial charge in [0.25, 0.3) is 0 Å². The van der Waals surface area contributed by atoms with Gasteiger partial charge in [0.05, 0.1) is 0 Å². The maximum atomic E-state index is 12.8. The lowest BCUT2D eigenvalue weighted by Gasteiger charge is -2.59. The summed E-state index contributed by atoms with van der Waals surface area (Å²) in [5, 5.41) is 22.1. The number of hydrogen-bond donors (Lipinski definition) is 3. The van der Waals surface area contributed by atoms with Crippen molar-refractivity contribution in [1.29, 1.82) is 0 Å². The summed E-state index contributed by atoms with van der Waals surface area (Å²) in [7, 11) is 0. The minimum absolute atomic E-state index is 0.0305. The van der Waals surface area contributed by atoms with Gasteiger partial charge in [0.1, 0.15) is 11.5 Å². The van der Waals surface area contributed by atoms with Crippen LogP contribution in [0.4, 0.5) is 5.69 Å². The van der Waals surface area contributed by atoms with Crippen LogP contribution in [0.5, 0.6) is 11.5 Å². The lowest BCUT2D eigenvalue weighted by atomic mass is 9.46. The van der Waals surface area contributed by atoms with E-state index in [1.807, 2.05) is 0 Å². The highest BCUT2D eigenvalue weighted by Gasteiger charge is 2.53. The molecule has 0 heterocycles. The summed E-state index contributed by atoms with van der Waals surface area (Å²) in [6.07, 6.45) is 6.68. The lowest BCUT2D eigenvalue weighted by molar-refractivity contribution is -0.127. The number of phenols is 2. The van der Waals surface area contributed by atoms with Crippen LogP contribution in [0.25, 0.3) is 0 Å². The standard InChI is InChI=1S/C22H33NO3/c1-14-6-7-19-21(2,3)8-5-9-22(19,4)18(14)13-20(26)23-15-10-16(24)12-17(25)11-15/h10-12,14,18-19,24-25H,5-9,13H2,1-4H3,(H,23,26)/t14-,18-,19-,22+/m0/s1. The fraction of sp³-hybridized carbons (Fsp3) is 0.682. The molecule has 0 saturated heterocycles. The predicted octanol–water partition coefficient (Wildman–Crippen LogP) is 5.31. The SMILES string of the molecule is C[C@H]1CC[C@H]2C(C)(C)CCC[C@]2(C)[C@H]1CC(=O)Nc1cc(O)cc(O)c1. The average molecular weight is 360 g/mol. The van der Waals surface area contributed by atoms with Crippen LogP contribution in [0.1, 0.15) is 66.2 Å². The summed E-state index contributed by atoms with van der Waals surface area (Å²) in [5.41, 5.74) is 0.998. The Bertz CT molecular complexity index is 664. The number of amides is 1. The van der Waals surface area contributed by atoms with Gasteiger partial charge in [-0.05, 0) is 47.8 Å². The van der Waals surface area contributed by atoms with Crippen molar-refractivity contribution in [1.82, 2.24) is 0 Å². The van der Waals surface area contributed by atoms with Gasteiger partial charge >= 0.3 is 0 Å². The van der Waals surface area contributed by atoms with Crippen LogP contribution >= 0.6 is 0 Å². The number of anilines is 1. The Morgan fingerprint density at radius 3 is 2.42 bits per heavy atom. The first-order valence-electron chi connectivity index (χ1n) is 9.95.